The maximum absolute atomic E-state index is 3.53. The van der Waals surface area contributed by atoms with E-state index >= 15 is 0 Å². The standard InChI is InChI=1S/C12H21NS2/c1-4-14-9-7-13-10-12(2,3)11-6-5-8-15-11/h5-6,8,13H,4,7,9-10H2,1-3H3. The second kappa shape index (κ2) is 6.56. The SMILES string of the molecule is CCSCCNCC(C)(C)c1cccs1. The molecule has 0 aliphatic heterocycles. The maximum Gasteiger partial charge on any atom is 0.0115 e. The molecule has 0 bridgehead atoms. The molecule has 0 atom stereocenters. The summed E-state index contributed by atoms with van der Waals surface area (Å²) in [6.07, 6.45) is 0. The minimum absolute atomic E-state index is 0.269. The van der Waals surface area contributed by atoms with E-state index in [4.69, 9.17) is 0 Å². The average Bonchev–Trinajstić information content (AvgIpc) is 2.70. The molecule has 0 fully saturated rings. The quantitative estimate of drug-likeness (QED) is 0.737. The molecule has 1 N–H and O–H groups in total. The Balaban J connectivity index is 2.25. The first-order valence-electron chi connectivity index (χ1n) is 5.49. The zero-order chi connectivity index (χ0) is 11.1. The van der Waals surface area contributed by atoms with Gasteiger partial charge in [0, 0.05) is 29.1 Å². The highest BCUT2D eigenvalue weighted by Gasteiger charge is 2.20. The largest absolute Gasteiger partial charge is 0.315 e. The third-order valence-corrected chi connectivity index (χ3v) is 4.52. The van der Waals surface area contributed by atoms with Crippen LogP contribution in [0, 0.1) is 0 Å². The minimum atomic E-state index is 0.269. The van der Waals surface area contributed by atoms with Gasteiger partial charge in [0.05, 0.1) is 0 Å². The molecule has 0 amide bonds. The number of hydrogen-bond acceptors (Lipinski definition) is 3. The van der Waals surface area contributed by atoms with Crippen molar-refractivity contribution in [2.45, 2.75) is 26.2 Å². The zero-order valence-electron chi connectivity index (χ0n) is 9.88. The minimum Gasteiger partial charge on any atom is -0.315 e. The van der Waals surface area contributed by atoms with Gasteiger partial charge in [-0.25, -0.2) is 0 Å². The molecular formula is C12H21NS2. The van der Waals surface area contributed by atoms with Gasteiger partial charge in [-0.3, -0.25) is 0 Å². The van der Waals surface area contributed by atoms with Gasteiger partial charge >= 0.3 is 0 Å². The Morgan fingerprint density at radius 1 is 1.47 bits per heavy atom. The summed E-state index contributed by atoms with van der Waals surface area (Å²) in [5.74, 6) is 2.44. The first kappa shape index (κ1) is 13.1. The summed E-state index contributed by atoms with van der Waals surface area (Å²) in [6.45, 7) is 9.00. The monoisotopic (exact) mass is 243 g/mol. The van der Waals surface area contributed by atoms with E-state index in [2.05, 4.69) is 43.6 Å². The molecule has 1 rings (SSSR count). The lowest BCUT2D eigenvalue weighted by Gasteiger charge is -2.23. The van der Waals surface area contributed by atoms with E-state index in [0.717, 1.165) is 13.1 Å². The summed E-state index contributed by atoms with van der Waals surface area (Å²) < 4.78 is 0. The van der Waals surface area contributed by atoms with Crippen LogP contribution in [0.1, 0.15) is 25.6 Å². The number of thioether (sulfide) groups is 1. The van der Waals surface area contributed by atoms with Gasteiger partial charge in [-0.05, 0) is 17.2 Å². The van der Waals surface area contributed by atoms with Crippen LogP contribution in [0.2, 0.25) is 0 Å². The molecule has 0 saturated heterocycles. The molecule has 1 aromatic rings. The van der Waals surface area contributed by atoms with Gasteiger partial charge in [-0.1, -0.05) is 26.8 Å². The van der Waals surface area contributed by atoms with Crippen LogP contribution >= 0.6 is 23.1 Å². The van der Waals surface area contributed by atoms with Crippen LogP contribution in [0.3, 0.4) is 0 Å². The zero-order valence-corrected chi connectivity index (χ0v) is 11.5. The van der Waals surface area contributed by atoms with E-state index in [0.29, 0.717) is 0 Å². The molecule has 1 heterocycles. The summed E-state index contributed by atoms with van der Waals surface area (Å²) in [5.41, 5.74) is 0.269. The molecule has 86 valence electrons. The van der Waals surface area contributed by atoms with Crippen LogP contribution in [-0.2, 0) is 5.41 Å². The van der Waals surface area contributed by atoms with Crippen LogP contribution in [0.25, 0.3) is 0 Å². The van der Waals surface area contributed by atoms with Crippen molar-refractivity contribution >= 4 is 23.1 Å². The van der Waals surface area contributed by atoms with Crippen LogP contribution < -0.4 is 5.32 Å². The Morgan fingerprint density at radius 2 is 2.27 bits per heavy atom. The highest BCUT2D eigenvalue weighted by Crippen LogP contribution is 2.26. The summed E-state index contributed by atoms with van der Waals surface area (Å²) >= 11 is 3.85. The van der Waals surface area contributed by atoms with E-state index in [-0.39, 0.29) is 5.41 Å². The van der Waals surface area contributed by atoms with E-state index in [1.54, 1.807) is 0 Å². The molecule has 0 unspecified atom stereocenters. The first-order chi connectivity index (χ1) is 7.17. The fraction of sp³-hybridized carbons (Fsp3) is 0.667. The van der Waals surface area contributed by atoms with Gasteiger partial charge in [-0.2, -0.15) is 11.8 Å². The van der Waals surface area contributed by atoms with Crippen molar-refractivity contribution in [1.82, 2.24) is 5.32 Å². The lowest BCUT2D eigenvalue weighted by Crippen LogP contribution is -2.33. The van der Waals surface area contributed by atoms with Crippen molar-refractivity contribution in [3.8, 4) is 0 Å². The first-order valence-corrected chi connectivity index (χ1v) is 7.52. The van der Waals surface area contributed by atoms with Crippen molar-refractivity contribution in [2.75, 3.05) is 24.6 Å². The Labute approximate surface area is 102 Å². The Hall–Kier alpha value is 0.01000. The van der Waals surface area contributed by atoms with Gasteiger partial charge in [0.25, 0.3) is 0 Å². The predicted molar refractivity (Wildman–Crippen MR) is 73.2 cm³/mol. The van der Waals surface area contributed by atoms with E-state index in [1.165, 1.54) is 16.4 Å². The number of thiophene rings is 1. The van der Waals surface area contributed by atoms with Crippen LogP contribution in [0.5, 0.6) is 0 Å². The lowest BCUT2D eigenvalue weighted by molar-refractivity contribution is 0.487. The molecule has 0 radical (unpaired) electrons. The summed E-state index contributed by atoms with van der Waals surface area (Å²) in [6, 6.07) is 4.36. The van der Waals surface area contributed by atoms with Crippen LogP contribution in [-0.4, -0.2) is 24.6 Å². The summed E-state index contributed by atoms with van der Waals surface area (Å²) in [5, 5.41) is 5.69. The van der Waals surface area contributed by atoms with Gasteiger partial charge in [0.15, 0.2) is 0 Å². The van der Waals surface area contributed by atoms with E-state index < -0.39 is 0 Å². The highest BCUT2D eigenvalue weighted by molar-refractivity contribution is 7.99. The third kappa shape index (κ3) is 4.58. The number of nitrogens with one attached hydrogen (secondary N) is 1. The lowest BCUT2D eigenvalue weighted by atomic mass is 9.91. The molecule has 1 aromatic heterocycles. The maximum atomic E-state index is 3.53. The van der Waals surface area contributed by atoms with Crippen LogP contribution in [0.15, 0.2) is 17.5 Å². The second-order valence-corrected chi connectivity index (χ2v) is 6.58. The third-order valence-electron chi connectivity index (χ3n) is 2.38. The van der Waals surface area contributed by atoms with Crippen molar-refractivity contribution in [3.63, 3.8) is 0 Å². The highest BCUT2D eigenvalue weighted by atomic mass is 32.2. The number of hydrogen-bond donors (Lipinski definition) is 1. The van der Waals surface area contributed by atoms with Gasteiger partial charge in [-0.15, -0.1) is 11.3 Å². The predicted octanol–water partition coefficient (Wildman–Crippen LogP) is 3.37. The fourth-order valence-electron chi connectivity index (χ4n) is 1.44. The Kier molecular flexibility index (Phi) is 5.72. The van der Waals surface area contributed by atoms with Crippen molar-refractivity contribution < 1.29 is 0 Å². The Morgan fingerprint density at radius 3 is 2.87 bits per heavy atom. The molecule has 3 heteroatoms. The number of rotatable bonds is 7. The second-order valence-electron chi connectivity index (χ2n) is 4.23. The molecule has 15 heavy (non-hydrogen) atoms. The molecule has 0 spiro atoms. The van der Waals surface area contributed by atoms with Gasteiger partial charge in [0.1, 0.15) is 0 Å². The van der Waals surface area contributed by atoms with Crippen molar-refractivity contribution in [2.24, 2.45) is 0 Å². The molecule has 0 saturated carbocycles. The summed E-state index contributed by atoms with van der Waals surface area (Å²) in [4.78, 5) is 1.47. The topological polar surface area (TPSA) is 12.0 Å². The molecular weight excluding hydrogens is 222 g/mol. The molecule has 0 aromatic carbocycles. The van der Waals surface area contributed by atoms with Crippen molar-refractivity contribution in [1.29, 1.82) is 0 Å². The molecule has 0 aliphatic carbocycles. The molecule has 1 nitrogen and oxygen atoms in total. The normalized spacial score (nSPS) is 11.9. The van der Waals surface area contributed by atoms with Crippen molar-refractivity contribution in [3.05, 3.63) is 22.4 Å². The smallest absolute Gasteiger partial charge is 0.0115 e. The summed E-state index contributed by atoms with van der Waals surface area (Å²) in [7, 11) is 0. The van der Waals surface area contributed by atoms with E-state index in [9.17, 15) is 0 Å². The van der Waals surface area contributed by atoms with Crippen LogP contribution in [0.4, 0.5) is 0 Å². The van der Waals surface area contributed by atoms with E-state index in [1.807, 2.05) is 23.1 Å². The Bertz CT molecular complexity index is 255. The average molecular weight is 243 g/mol. The van der Waals surface area contributed by atoms with Gasteiger partial charge in [0.2, 0.25) is 0 Å². The van der Waals surface area contributed by atoms with Gasteiger partial charge < -0.3 is 5.32 Å². The molecule has 0 aliphatic rings. The fourth-order valence-corrected chi connectivity index (χ4v) is 2.87.